The molecule has 0 aromatic carbocycles. The number of likely N-dealkylation sites (N-methyl/N-ethyl adjacent to an activating group) is 2. The molecule has 3 atom stereocenters. The summed E-state index contributed by atoms with van der Waals surface area (Å²) in [5.41, 5.74) is 0.776. The molecule has 0 spiro atoms. The molecule has 0 aromatic rings. The highest BCUT2D eigenvalue weighted by molar-refractivity contribution is 5.95. The summed E-state index contributed by atoms with van der Waals surface area (Å²) in [6.45, 7) is 18.8. The van der Waals surface area contributed by atoms with E-state index in [1.807, 2.05) is 11.8 Å². The normalized spacial score (nSPS) is 25.7. The van der Waals surface area contributed by atoms with Crippen molar-refractivity contribution in [1.29, 1.82) is 0 Å². The zero-order chi connectivity index (χ0) is 20.7. The van der Waals surface area contributed by atoms with Crippen LogP contribution < -0.4 is 5.32 Å². The molecular weight excluding hydrogens is 352 g/mol. The Balaban J connectivity index is 1.97. The molecule has 0 unspecified atom stereocenters. The number of hydrogen-bond acceptors (Lipinski definition) is 4. The highest BCUT2D eigenvalue weighted by Crippen LogP contribution is 2.35. The van der Waals surface area contributed by atoms with Gasteiger partial charge in [0.25, 0.3) is 0 Å². The topological polar surface area (TPSA) is 55.9 Å². The van der Waals surface area contributed by atoms with Crippen molar-refractivity contribution in [1.82, 2.24) is 20.0 Å². The second kappa shape index (κ2) is 11.0. The molecule has 6 heteroatoms. The van der Waals surface area contributed by atoms with Gasteiger partial charge in [0.05, 0.1) is 0 Å². The second-order valence-electron chi connectivity index (χ2n) is 8.25. The van der Waals surface area contributed by atoms with Gasteiger partial charge in [0.15, 0.2) is 5.78 Å². The number of carbonyl (C=O) groups excluding carboxylic acids is 2. The number of nitrogens with one attached hydrogen (secondary N) is 1. The lowest BCUT2D eigenvalue weighted by atomic mass is 9.74. The van der Waals surface area contributed by atoms with E-state index in [9.17, 15) is 9.59 Å². The largest absolute Gasteiger partial charge is 0.334 e. The molecule has 0 aromatic heterocycles. The maximum Gasteiger partial charge on any atom is 0.317 e. The van der Waals surface area contributed by atoms with Gasteiger partial charge >= 0.3 is 6.03 Å². The van der Waals surface area contributed by atoms with E-state index in [2.05, 4.69) is 42.5 Å². The molecule has 2 fully saturated rings. The Labute approximate surface area is 171 Å². The molecule has 0 bridgehead atoms. The van der Waals surface area contributed by atoms with Crippen molar-refractivity contribution in [2.75, 3.05) is 45.8 Å². The number of nitrogens with zero attached hydrogens (tertiary/aromatic N) is 3. The van der Waals surface area contributed by atoms with Crippen LogP contribution in [0.25, 0.3) is 0 Å². The molecule has 28 heavy (non-hydrogen) atoms. The lowest BCUT2D eigenvalue weighted by Crippen LogP contribution is -2.59. The zero-order valence-corrected chi connectivity index (χ0v) is 18.4. The van der Waals surface area contributed by atoms with Crippen molar-refractivity contribution in [2.24, 2.45) is 5.92 Å². The number of Topliss-reactive ketones (excluding diaryl/α,β-unsaturated/α-hetero) is 1. The van der Waals surface area contributed by atoms with Gasteiger partial charge in [-0.2, -0.15) is 0 Å². The van der Waals surface area contributed by atoms with Gasteiger partial charge in [-0.25, -0.2) is 4.79 Å². The van der Waals surface area contributed by atoms with Crippen LogP contribution in [0.2, 0.25) is 0 Å². The fraction of sp³-hybridized carbons (Fsp3) is 0.818. The van der Waals surface area contributed by atoms with Gasteiger partial charge in [-0.05, 0) is 57.3 Å². The molecule has 1 aliphatic carbocycles. The first-order valence-corrected chi connectivity index (χ1v) is 11.2. The third kappa shape index (κ3) is 5.80. The Kier molecular flexibility index (Phi) is 8.96. The summed E-state index contributed by atoms with van der Waals surface area (Å²) in [4.78, 5) is 31.8. The minimum Gasteiger partial charge on any atom is -0.334 e. The highest BCUT2D eigenvalue weighted by Gasteiger charge is 2.41. The predicted molar refractivity (Wildman–Crippen MR) is 114 cm³/mol. The molecule has 1 saturated heterocycles. The van der Waals surface area contributed by atoms with Crippen LogP contribution in [0.3, 0.4) is 0 Å². The second-order valence-corrected chi connectivity index (χ2v) is 8.25. The van der Waals surface area contributed by atoms with E-state index < -0.39 is 0 Å². The zero-order valence-electron chi connectivity index (χ0n) is 18.4. The molecule has 2 amide bonds. The van der Waals surface area contributed by atoms with E-state index in [4.69, 9.17) is 0 Å². The van der Waals surface area contributed by atoms with Crippen LogP contribution in [0.5, 0.6) is 0 Å². The first-order chi connectivity index (χ1) is 13.4. The number of urea groups is 1. The fourth-order valence-electron chi connectivity index (χ4n) is 4.70. The molecule has 6 nitrogen and oxygen atoms in total. The lowest BCUT2D eigenvalue weighted by Gasteiger charge is -2.47. The van der Waals surface area contributed by atoms with Crippen LogP contribution in [-0.2, 0) is 4.79 Å². The van der Waals surface area contributed by atoms with Gasteiger partial charge in [-0.15, -0.1) is 0 Å². The number of ketones is 1. The van der Waals surface area contributed by atoms with Crippen molar-refractivity contribution in [3.63, 3.8) is 0 Å². The standard InChI is InChI=1S/C22H40N4O2/c1-6-10-26-16-19(14-18-15-21(27)17(5)13-20(18)26)23-22(28)25(9-4)12-11-24(7-2)8-3/h18-20H,5-16H2,1-4H3,(H,23,28)/t18-,19+,20-/m1/s1. The number of hydrogen-bond donors (Lipinski definition) is 1. The van der Waals surface area contributed by atoms with Crippen LogP contribution in [0, 0.1) is 5.92 Å². The monoisotopic (exact) mass is 392 g/mol. The SMILES string of the molecule is C=C1C[C@@H]2[C@@H](CC1=O)C[C@H](NC(=O)N(CC)CCN(CC)CC)CN2CCC. The van der Waals surface area contributed by atoms with Gasteiger partial charge in [0.1, 0.15) is 0 Å². The Morgan fingerprint density at radius 2 is 1.86 bits per heavy atom. The third-order valence-electron chi connectivity index (χ3n) is 6.44. The van der Waals surface area contributed by atoms with Crippen molar-refractivity contribution in [2.45, 2.75) is 65.5 Å². The van der Waals surface area contributed by atoms with Gasteiger partial charge in [-0.3, -0.25) is 9.69 Å². The smallest absolute Gasteiger partial charge is 0.317 e. The van der Waals surface area contributed by atoms with E-state index in [1.54, 1.807) is 0 Å². The van der Waals surface area contributed by atoms with E-state index >= 15 is 0 Å². The summed E-state index contributed by atoms with van der Waals surface area (Å²) < 4.78 is 0. The minimum absolute atomic E-state index is 0.0288. The molecule has 1 saturated carbocycles. The number of piperidine rings is 1. The van der Waals surface area contributed by atoms with Gasteiger partial charge < -0.3 is 15.1 Å². The summed E-state index contributed by atoms with van der Waals surface area (Å²) in [6, 6.07) is 0.548. The van der Waals surface area contributed by atoms with Gasteiger partial charge in [0, 0.05) is 44.7 Å². The maximum atomic E-state index is 12.9. The molecule has 2 rings (SSSR count). The number of carbonyl (C=O) groups is 2. The van der Waals surface area contributed by atoms with Crippen LogP contribution in [0.1, 0.15) is 53.4 Å². The summed E-state index contributed by atoms with van der Waals surface area (Å²) in [7, 11) is 0. The maximum absolute atomic E-state index is 12.9. The molecule has 1 aliphatic heterocycles. The van der Waals surface area contributed by atoms with Crippen molar-refractivity contribution >= 4 is 11.8 Å². The van der Waals surface area contributed by atoms with Crippen LogP contribution >= 0.6 is 0 Å². The van der Waals surface area contributed by atoms with E-state index in [1.165, 1.54) is 0 Å². The summed E-state index contributed by atoms with van der Waals surface area (Å²) in [5.74, 6) is 0.536. The van der Waals surface area contributed by atoms with E-state index in [0.29, 0.717) is 24.9 Å². The molecule has 1 N–H and O–H groups in total. The van der Waals surface area contributed by atoms with Crippen LogP contribution in [0.15, 0.2) is 12.2 Å². The lowest BCUT2D eigenvalue weighted by molar-refractivity contribution is -0.119. The predicted octanol–water partition coefficient (Wildman–Crippen LogP) is 2.75. The van der Waals surface area contributed by atoms with Crippen molar-refractivity contribution < 1.29 is 9.59 Å². The Morgan fingerprint density at radius 1 is 1.14 bits per heavy atom. The number of fused-ring (bicyclic) bond motifs is 1. The fourth-order valence-corrected chi connectivity index (χ4v) is 4.70. The molecule has 160 valence electrons. The third-order valence-corrected chi connectivity index (χ3v) is 6.44. The first kappa shape index (κ1) is 22.9. The summed E-state index contributed by atoms with van der Waals surface area (Å²) in [5, 5.41) is 3.27. The van der Waals surface area contributed by atoms with Gasteiger partial charge in [0.2, 0.25) is 0 Å². The number of amides is 2. The summed E-state index contributed by atoms with van der Waals surface area (Å²) in [6.07, 6.45) is 3.34. The Hall–Kier alpha value is -1.40. The van der Waals surface area contributed by atoms with Crippen LogP contribution in [0.4, 0.5) is 4.79 Å². The Morgan fingerprint density at radius 3 is 2.46 bits per heavy atom. The van der Waals surface area contributed by atoms with Crippen LogP contribution in [-0.4, -0.2) is 84.4 Å². The minimum atomic E-state index is 0.0288. The van der Waals surface area contributed by atoms with E-state index in [0.717, 1.165) is 64.1 Å². The van der Waals surface area contributed by atoms with Crippen molar-refractivity contribution in [3.05, 3.63) is 12.2 Å². The average Bonchev–Trinajstić information content (AvgIpc) is 2.67. The average molecular weight is 393 g/mol. The molecule has 2 aliphatic rings. The van der Waals surface area contributed by atoms with Crippen molar-refractivity contribution in [3.8, 4) is 0 Å². The highest BCUT2D eigenvalue weighted by atomic mass is 16.2. The molecule has 1 heterocycles. The quantitative estimate of drug-likeness (QED) is 0.613. The Bertz CT molecular complexity index is 547. The van der Waals surface area contributed by atoms with Gasteiger partial charge in [-0.1, -0.05) is 27.4 Å². The van der Waals surface area contributed by atoms with E-state index in [-0.39, 0.29) is 17.9 Å². The molecular formula is C22H40N4O2. The summed E-state index contributed by atoms with van der Waals surface area (Å²) >= 11 is 0. The first-order valence-electron chi connectivity index (χ1n) is 11.2. The number of likely N-dealkylation sites (tertiary alicyclic amines) is 1. The molecule has 0 radical (unpaired) electrons. The number of rotatable bonds is 9.